The van der Waals surface area contributed by atoms with Crippen LogP contribution in [0.5, 0.6) is 0 Å². The summed E-state index contributed by atoms with van der Waals surface area (Å²) in [6, 6.07) is 3.03. The number of aryl methyl sites for hydroxylation is 1. The van der Waals surface area contributed by atoms with Gasteiger partial charge in [-0.2, -0.15) is 0 Å². The van der Waals surface area contributed by atoms with Gasteiger partial charge in [-0.25, -0.2) is 0 Å². The Bertz CT molecular complexity index is 459. The average molecular weight is 271 g/mol. The van der Waals surface area contributed by atoms with Gasteiger partial charge in [0.05, 0.1) is 28.8 Å². The van der Waals surface area contributed by atoms with Crippen molar-refractivity contribution in [2.75, 3.05) is 31.2 Å². The van der Waals surface area contributed by atoms with Crippen molar-refractivity contribution < 1.29 is 9.66 Å². The molecule has 0 saturated carbocycles. The zero-order valence-electron chi connectivity index (χ0n) is 10.2. The number of hydrogen-bond acceptors (Lipinski definition) is 4. The average Bonchev–Trinajstić information content (AvgIpc) is 2.38. The molecule has 0 radical (unpaired) electrons. The fraction of sp³-hybridized carbons (Fsp3) is 0.500. The lowest BCUT2D eigenvalue weighted by Gasteiger charge is -2.31. The second-order valence-corrected chi connectivity index (χ2v) is 4.55. The summed E-state index contributed by atoms with van der Waals surface area (Å²) in [5.74, 6) is 0. The van der Waals surface area contributed by atoms with Crippen LogP contribution in [0.15, 0.2) is 12.1 Å². The van der Waals surface area contributed by atoms with E-state index in [0.29, 0.717) is 24.7 Å². The molecule has 0 atom stereocenters. The minimum absolute atomic E-state index is 0.0499. The number of halogens is 1. The van der Waals surface area contributed by atoms with E-state index in [-0.39, 0.29) is 5.69 Å². The Kier molecular flexibility index (Phi) is 4.04. The first-order chi connectivity index (χ1) is 8.63. The van der Waals surface area contributed by atoms with Crippen LogP contribution in [0.2, 0.25) is 5.02 Å². The number of morpholine rings is 1. The van der Waals surface area contributed by atoms with Gasteiger partial charge in [0.2, 0.25) is 0 Å². The number of nitrogens with zero attached hydrogens (tertiary/aromatic N) is 2. The molecular weight excluding hydrogens is 256 g/mol. The first-order valence-corrected chi connectivity index (χ1v) is 6.30. The molecule has 1 aliphatic heterocycles. The summed E-state index contributed by atoms with van der Waals surface area (Å²) in [4.78, 5) is 12.5. The Labute approximate surface area is 110 Å². The molecule has 0 aliphatic carbocycles. The molecular formula is C12H15ClN2O3. The predicted molar refractivity (Wildman–Crippen MR) is 70.5 cm³/mol. The molecule has 0 amide bonds. The normalized spacial score (nSPS) is 15.8. The van der Waals surface area contributed by atoms with Crippen LogP contribution in [0.1, 0.15) is 12.5 Å². The summed E-state index contributed by atoms with van der Waals surface area (Å²) < 4.78 is 5.30. The smallest absolute Gasteiger partial charge is 0.271 e. The van der Waals surface area contributed by atoms with Crippen LogP contribution in [0.25, 0.3) is 0 Å². The molecule has 18 heavy (non-hydrogen) atoms. The highest BCUT2D eigenvalue weighted by Gasteiger charge is 2.20. The van der Waals surface area contributed by atoms with Crippen LogP contribution in [0.3, 0.4) is 0 Å². The number of rotatable bonds is 3. The van der Waals surface area contributed by atoms with Crippen molar-refractivity contribution in [3.63, 3.8) is 0 Å². The summed E-state index contributed by atoms with van der Waals surface area (Å²) in [6.45, 7) is 4.83. The SMILES string of the molecule is CCc1cc([N+](=O)[O-])cc(Cl)c1N1CCOCC1. The van der Waals surface area contributed by atoms with Crippen molar-refractivity contribution in [1.29, 1.82) is 0 Å². The van der Waals surface area contributed by atoms with Crippen molar-refractivity contribution in [3.8, 4) is 0 Å². The van der Waals surface area contributed by atoms with E-state index in [0.717, 1.165) is 24.3 Å². The monoisotopic (exact) mass is 270 g/mol. The van der Waals surface area contributed by atoms with E-state index in [4.69, 9.17) is 16.3 Å². The molecule has 98 valence electrons. The Hall–Kier alpha value is -1.33. The zero-order valence-corrected chi connectivity index (χ0v) is 10.9. The van der Waals surface area contributed by atoms with Crippen LogP contribution in [-0.2, 0) is 11.2 Å². The van der Waals surface area contributed by atoms with E-state index in [1.165, 1.54) is 6.07 Å². The van der Waals surface area contributed by atoms with Gasteiger partial charge in [-0.15, -0.1) is 0 Å². The molecule has 0 bridgehead atoms. The Morgan fingerprint density at radius 1 is 1.44 bits per heavy atom. The first-order valence-electron chi connectivity index (χ1n) is 5.93. The van der Waals surface area contributed by atoms with E-state index in [1.54, 1.807) is 6.07 Å². The fourth-order valence-corrected chi connectivity index (χ4v) is 2.51. The summed E-state index contributed by atoms with van der Waals surface area (Å²) in [5, 5.41) is 11.3. The molecule has 1 aromatic carbocycles. The summed E-state index contributed by atoms with van der Waals surface area (Å²) >= 11 is 6.20. The molecule has 0 N–H and O–H groups in total. The quantitative estimate of drug-likeness (QED) is 0.626. The number of benzene rings is 1. The van der Waals surface area contributed by atoms with Crippen LogP contribution >= 0.6 is 11.6 Å². The van der Waals surface area contributed by atoms with Gasteiger partial charge in [0.25, 0.3) is 5.69 Å². The highest BCUT2D eigenvalue weighted by atomic mass is 35.5. The molecule has 6 heteroatoms. The lowest BCUT2D eigenvalue weighted by Crippen LogP contribution is -2.37. The lowest BCUT2D eigenvalue weighted by atomic mass is 10.1. The molecule has 1 saturated heterocycles. The van der Waals surface area contributed by atoms with E-state index in [2.05, 4.69) is 4.90 Å². The maximum atomic E-state index is 10.8. The third-order valence-electron chi connectivity index (χ3n) is 3.05. The van der Waals surface area contributed by atoms with Crippen molar-refractivity contribution in [1.82, 2.24) is 0 Å². The van der Waals surface area contributed by atoms with E-state index >= 15 is 0 Å². The lowest BCUT2D eigenvalue weighted by molar-refractivity contribution is -0.384. The summed E-state index contributed by atoms with van der Waals surface area (Å²) in [7, 11) is 0. The molecule has 5 nitrogen and oxygen atoms in total. The van der Waals surface area contributed by atoms with Crippen LogP contribution in [-0.4, -0.2) is 31.2 Å². The van der Waals surface area contributed by atoms with Gasteiger partial charge in [-0.3, -0.25) is 10.1 Å². The van der Waals surface area contributed by atoms with Crippen molar-refractivity contribution in [2.24, 2.45) is 0 Å². The number of non-ortho nitro benzene ring substituents is 1. The van der Waals surface area contributed by atoms with Gasteiger partial charge >= 0.3 is 0 Å². The molecule has 1 heterocycles. The number of nitro benzene ring substituents is 1. The van der Waals surface area contributed by atoms with Crippen LogP contribution < -0.4 is 4.90 Å². The van der Waals surface area contributed by atoms with E-state index < -0.39 is 4.92 Å². The van der Waals surface area contributed by atoms with Gasteiger partial charge in [-0.05, 0) is 12.0 Å². The first kappa shape index (κ1) is 13.1. The Morgan fingerprint density at radius 2 is 2.11 bits per heavy atom. The minimum Gasteiger partial charge on any atom is -0.378 e. The second-order valence-electron chi connectivity index (χ2n) is 4.15. The maximum Gasteiger partial charge on any atom is 0.271 e. The number of ether oxygens (including phenoxy) is 1. The number of hydrogen-bond donors (Lipinski definition) is 0. The molecule has 1 fully saturated rings. The number of anilines is 1. The molecule has 2 rings (SSSR count). The standard InChI is InChI=1S/C12H15ClN2O3/c1-2-9-7-10(15(16)17)8-11(13)12(9)14-3-5-18-6-4-14/h7-8H,2-6H2,1H3. The van der Waals surface area contributed by atoms with Gasteiger partial charge in [0, 0.05) is 25.2 Å². The number of nitro groups is 1. The second kappa shape index (κ2) is 5.54. The van der Waals surface area contributed by atoms with E-state index in [9.17, 15) is 10.1 Å². The van der Waals surface area contributed by atoms with Crippen LogP contribution in [0, 0.1) is 10.1 Å². The topological polar surface area (TPSA) is 55.6 Å². The highest BCUT2D eigenvalue weighted by molar-refractivity contribution is 6.33. The third kappa shape index (κ3) is 2.57. The molecule has 1 aromatic rings. The van der Waals surface area contributed by atoms with Crippen molar-refractivity contribution in [3.05, 3.63) is 32.8 Å². The van der Waals surface area contributed by atoms with Gasteiger partial charge in [0.15, 0.2) is 0 Å². The third-order valence-corrected chi connectivity index (χ3v) is 3.33. The molecule has 0 unspecified atom stereocenters. The fourth-order valence-electron chi connectivity index (χ4n) is 2.16. The molecule has 1 aliphatic rings. The van der Waals surface area contributed by atoms with Gasteiger partial charge in [-0.1, -0.05) is 18.5 Å². The molecule has 0 spiro atoms. The van der Waals surface area contributed by atoms with Crippen molar-refractivity contribution in [2.45, 2.75) is 13.3 Å². The Balaban J connectivity index is 2.42. The summed E-state index contributed by atoms with van der Waals surface area (Å²) in [6.07, 6.45) is 0.716. The predicted octanol–water partition coefficient (Wildman–Crippen LogP) is 2.65. The van der Waals surface area contributed by atoms with E-state index in [1.807, 2.05) is 6.92 Å². The van der Waals surface area contributed by atoms with Gasteiger partial charge < -0.3 is 9.64 Å². The maximum absolute atomic E-state index is 10.8. The van der Waals surface area contributed by atoms with Crippen molar-refractivity contribution >= 4 is 23.0 Å². The van der Waals surface area contributed by atoms with Gasteiger partial charge in [0.1, 0.15) is 0 Å². The Morgan fingerprint density at radius 3 is 2.67 bits per heavy atom. The zero-order chi connectivity index (χ0) is 13.1. The largest absolute Gasteiger partial charge is 0.378 e. The van der Waals surface area contributed by atoms with Crippen LogP contribution in [0.4, 0.5) is 11.4 Å². The summed E-state index contributed by atoms with van der Waals surface area (Å²) in [5.41, 5.74) is 1.87. The molecule has 0 aromatic heterocycles. The highest BCUT2D eigenvalue weighted by Crippen LogP contribution is 2.34. The minimum atomic E-state index is -0.409.